The number of Topliss-reactive ketones (excluding diaryl/α,β-unsaturated/α-hetero) is 1. The van der Waals surface area contributed by atoms with E-state index in [1.54, 1.807) is 30.6 Å². The summed E-state index contributed by atoms with van der Waals surface area (Å²) < 4.78 is 2.29. The van der Waals surface area contributed by atoms with E-state index >= 15 is 0 Å². The lowest BCUT2D eigenvalue weighted by atomic mass is 10.3. The van der Waals surface area contributed by atoms with Crippen LogP contribution in [0.1, 0.15) is 6.92 Å². The molecular formula is C11H14N2OS2. The SMILES string of the molecule is CSC1NC(C(C)=O)N(c2ccccc2)S1. The van der Waals surface area contributed by atoms with E-state index in [0.717, 1.165) is 5.69 Å². The summed E-state index contributed by atoms with van der Waals surface area (Å²) in [6, 6.07) is 9.99. The first-order valence-electron chi connectivity index (χ1n) is 5.02. The molecule has 2 unspecified atom stereocenters. The Labute approximate surface area is 104 Å². The summed E-state index contributed by atoms with van der Waals surface area (Å²) in [6.45, 7) is 1.62. The van der Waals surface area contributed by atoms with Gasteiger partial charge in [0, 0.05) is 5.69 Å². The maximum Gasteiger partial charge on any atom is 0.167 e. The fourth-order valence-electron chi connectivity index (χ4n) is 1.57. The molecule has 0 bridgehead atoms. The van der Waals surface area contributed by atoms with Gasteiger partial charge in [-0.15, -0.1) is 11.8 Å². The first-order valence-corrected chi connectivity index (χ1v) is 7.15. The molecule has 5 heteroatoms. The highest BCUT2D eigenvalue weighted by atomic mass is 32.2. The number of benzene rings is 1. The van der Waals surface area contributed by atoms with Crippen LogP contribution in [0, 0.1) is 0 Å². The number of hydrogen-bond acceptors (Lipinski definition) is 5. The quantitative estimate of drug-likeness (QED) is 0.837. The Bertz CT molecular complexity index is 372. The smallest absolute Gasteiger partial charge is 0.167 e. The molecule has 0 radical (unpaired) electrons. The molecule has 1 aromatic rings. The number of anilines is 1. The molecule has 1 fully saturated rings. The molecule has 1 aliphatic rings. The van der Waals surface area contributed by atoms with Crippen molar-refractivity contribution in [1.82, 2.24) is 5.32 Å². The van der Waals surface area contributed by atoms with E-state index in [2.05, 4.69) is 5.32 Å². The van der Waals surface area contributed by atoms with Gasteiger partial charge in [-0.2, -0.15) is 0 Å². The van der Waals surface area contributed by atoms with Gasteiger partial charge in [0.25, 0.3) is 0 Å². The molecule has 1 aromatic carbocycles. The molecule has 1 saturated heterocycles. The molecule has 2 atom stereocenters. The second-order valence-electron chi connectivity index (χ2n) is 3.51. The fourth-order valence-corrected chi connectivity index (χ4v) is 3.43. The minimum atomic E-state index is -0.218. The van der Waals surface area contributed by atoms with Crippen molar-refractivity contribution in [3.05, 3.63) is 30.3 Å². The molecule has 3 nitrogen and oxygen atoms in total. The number of para-hydroxylation sites is 1. The zero-order valence-corrected chi connectivity index (χ0v) is 10.8. The molecule has 0 aliphatic carbocycles. The number of rotatable bonds is 3. The molecule has 0 saturated carbocycles. The maximum absolute atomic E-state index is 11.6. The van der Waals surface area contributed by atoms with Crippen molar-refractivity contribution in [2.75, 3.05) is 10.6 Å². The summed E-state index contributed by atoms with van der Waals surface area (Å²) in [4.78, 5) is 11.6. The van der Waals surface area contributed by atoms with E-state index in [1.165, 1.54) is 0 Å². The minimum Gasteiger partial charge on any atom is -0.296 e. The molecule has 1 heterocycles. The van der Waals surface area contributed by atoms with Gasteiger partial charge in [0.2, 0.25) is 0 Å². The Morgan fingerprint density at radius 1 is 1.44 bits per heavy atom. The minimum absolute atomic E-state index is 0.146. The molecule has 0 spiro atoms. The van der Waals surface area contributed by atoms with Crippen molar-refractivity contribution in [2.24, 2.45) is 0 Å². The molecule has 86 valence electrons. The van der Waals surface area contributed by atoms with Gasteiger partial charge in [0.1, 0.15) is 4.71 Å². The number of thioether (sulfide) groups is 1. The highest BCUT2D eigenvalue weighted by Crippen LogP contribution is 2.36. The zero-order valence-electron chi connectivity index (χ0n) is 9.21. The van der Waals surface area contributed by atoms with Crippen molar-refractivity contribution < 1.29 is 4.79 Å². The van der Waals surface area contributed by atoms with E-state index in [0.29, 0.717) is 0 Å². The third-order valence-corrected chi connectivity index (χ3v) is 4.72. The van der Waals surface area contributed by atoms with E-state index in [4.69, 9.17) is 0 Å². The van der Waals surface area contributed by atoms with Crippen LogP contribution < -0.4 is 9.62 Å². The van der Waals surface area contributed by atoms with Gasteiger partial charge >= 0.3 is 0 Å². The lowest BCUT2D eigenvalue weighted by Gasteiger charge is -2.21. The topological polar surface area (TPSA) is 32.3 Å². The second-order valence-corrected chi connectivity index (χ2v) is 5.83. The van der Waals surface area contributed by atoms with Gasteiger partial charge in [-0.3, -0.25) is 14.4 Å². The first kappa shape index (κ1) is 11.8. The van der Waals surface area contributed by atoms with Crippen LogP contribution in [-0.4, -0.2) is 22.9 Å². The van der Waals surface area contributed by atoms with E-state index in [-0.39, 0.29) is 16.7 Å². The molecule has 16 heavy (non-hydrogen) atoms. The van der Waals surface area contributed by atoms with Crippen molar-refractivity contribution in [1.29, 1.82) is 0 Å². The standard InChI is InChI=1S/C11H14N2OS2/c1-8(14)10-12-11(15-2)16-13(10)9-6-4-3-5-7-9/h3-7,10-12H,1-2H3. The Morgan fingerprint density at radius 3 is 2.69 bits per heavy atom. The molecule has 0 aromatic heterocycles. The number of carbonyl (C=O) groups excluding carboxylic acids is 1. The monoisotopic (exact) mass is 254 g/mol. The summed E-state index contributed by atoms with van der Waals surface area (Å²) in [7, 11) is 0. The van der Waals surface area contributed by atoms with E-state index in [1.807, 2.05) is 40.9 Å². The second kappa shape index (κ2) is 5.12. The number of nitrogens with one attached hydrogen (secondary N) is 1. The third kappa shape index (κ3) is 2.36. The van der Waals surface area contributed by atoms with Crippen molar-refractivity contribution in [3.8, 4) is 0 Å². The van der Waals surface area contributed by atoms with Crippen LogP contribution in [0.3, 0.4) is 0 Å². The fraction of sp³-hybridized carbons (Fsp3) is 0.364. The Hall–Kier alpha value is -0.650. The van der Waals surface area contributed by atoms with Crippen LogP contribution in [0.4, 0.5) is 5.69 Å². The first-order chi connectivity index (χ1) is 7.72. The zero-order chi connectivity index (χ0) is 11.5. The predicted molar refractivity (Wildman–Crippen MR) is 71.4 cm³/mol. The van der Waals surface area contributed by atoms with E-state index < -0.39 is 0 Å². The number of carbonyl (C=O) groups is 1. The van der Waals surface area contributed by atoms with Crippen LogP contribution in [0.2, 0.25) is 0 Å². The highest BCUT2D eigenvalue weighted by molar-refractivity contribution is 8.17. The van der Waals surface area contributed by atoms with Gasteiger partial charge in [-0.1, -0.05) is 18.2 Å². The average molecular weight is 254 g/mol. The molecule has 2 rings (SSSR count). The summed E-state index contributed by atoms with van der Waals surface area (Å²) in [5, 5.41) is 3.29. The molecule has 1 aliphatic heterocycles. The summed E-state index contributed by atoms with van der Waals surface area (Å²) in [5.41, 5.74) is 1.07. The van der Waals surface area contributed by atoms with Gasteiger partial charge in [-0.05, 0) is 37.3 Å². The molecular weight excluding hydrogens is 240 g/mol. The average Bonchev–Trinajstić information content (AvgIpc) is 2.74. The van der Waals surface area contributed by atoms with Crippen LogP contribution in [0.25, 0.3) is 0 Å². The van der Waals surface area contributed by atoms with Gasteiger partial charge < -0.3 is 0 Å². The number of ketones is 1. The Balaban J connectivity index is 2.22. The number of nitrogens with zero attached hydrogens (tertiary/aromatic N) is 1. The van der Waals surface area contributed by atoms with Crippen molar-refractivity contribution in [2.45, 2.75) is 17.8 Å². The summed E-state index contributed by atoms with van der Waals surface area (Å²) in [5.74, 6) is 0.146. The van der Waals surface area contributed by atoms with Crippen LogP contribution in [0.15, 0.2) is 30.3 Å². The van der Waals surface area contributed by atoms with Crippen LogP contribution in [0.5, 0.6) is 0 Å². The third-order valence-electron chi connectivity index (χ3n) is 2.35. The largest absolute Gasteiger partial charge is 0.296 e. The normalized spacial score (nSPS) is 24.8. The van der Waals surface area contributed by atoms with E-state index in [9.17, 15) is 4.79 Å². The Kier molecular flexibility index (Phi) is 3.78. The van der Waals surface area contributed by atoms with Gasteiger partial charge in [0.05, 0.1) is 0 Å². The number of hydrogen-bond donors (Lipinski definition) is 1. The molecule has 0 amide bonds. The van der Waals surface area contributed by atoms with Gasteiger partial charge in [-0.25, -0.2) is 0 Å². The van der Waals surface area contributed by atoms with Crippen LogP contribution in [-0.2, 0) is 4.79 Å². The lowest BCUT2D eigenvalue weighted by molar-refractivity contribution is -0.118. The Morgan fingerprint density at radius 2 is 2.12 bits per heavy atom. The lowest BCUT2D eigenvalue weighted by Crippen LogP contribution is -2.41. The van der Waals surface area contributed by atoms with Crippen LogP contribution >= 0.6 is 23.7 Å². The van der Waals surface area contributed by atoms with Crippen molar-refractivity contribution in [3.63, 3.8) is 0 Å². The predicted octanol–water partition coefficient (Wildman–Crippen LogP) is 2.31. The van der Waals surface area contributed by atoms with Gasteiger partial charge in [0.15, 0.2) is 11.9 Å². The van der Waals surface area contributed by atoms with Crippen molar-refractivity contribution >= 4 is 35.2 Å². The summed E-state index contributed by atoms with van der Waals surface area (Å²) in [6.07, 6.45) is 1.82. The summed E-state index contributed by atoms with van der Waals surface area (Å²) >= 11 is 3.37. The molecule has 1 N–H and O–H groups in total. The maximum atomic E-state index is 11.6. The highest BCUT2D eigenvalue weighted by Gasteiger charge is 2.34.